The average molecular weight is 406 g/mol. The number of hydrogen-bond acceptors (Lipinski definition) is 6. The standard InChI is InChI=1S/C20H10N2O6S/c23-21(24)14-3-1-11-9-18-19(10-13(11)8-14)29(27)20-16-5-4-15(22(25)26)7-12(16)2-6-17(20)28-18/h1-10H. The number of rotatable bonds is 2. The van der Waals surface area contributed by atoms with E-state index in [4.69, 9.17) is 4.74 Å². The Balaban J connectivity index is 1.71. The van der Waals surface area contributed by atoms with Crippen molar-refractivity contribution in [2.24, 2.45) is 0 Å². The minimum Gasteiger partial charge on any atom is -0.455 e. The zero-order chi connectivity index (χ0) is 20.3. The summed E-state index contributed by atoms with van der Waals surface area (Å²) in [6.07, 6.45) is 0. The Morgan fingerprint density at radius 2 is 1.38 bits per heavy atom. The summed E-state index contributed by atoms with van der Waals surface area (Å²) in [5.74, 6) is 0.830. The molecule has 1 aliphatic rings. The van der Waals surface area contributed by atoms with Gasteiger partial charge in [0, 0.05) is 29.7 Å². The fourth-order valence-electron chi connectivity index (χ4n) is 3.46. The van der Waals surface area contributed by atoms with Gasteiger partial charge in [0.1, 0.15) is 11.5 Å². The second-order valence-electron chi connectivity index (χ2n) is 6.51. The van der Waals surface area contributed by atoms with Gasteiger partial charge < -0.3 is 4.74 Å². The number of benzene rings is 4. The van der Waals surface area contributed by atoms with Crippen molar-refractivity contribution in [3.05, 3.63) is 80.9 Å². The highest BCUT2D eigenvalue weighted by Crippen LogP contribution is 2.45. The first-order valence-electron chi connectivity index (χ1n) is 8.45. The van der Waals surface area contributed by atoms with Crippen molar-refractivity contribution in [2.45, 2.75) is 9.79 Å². The molecule has 0 aliphatic carbocycles. The number of fused-ring (bicyclic) bond motifs is 5. The van der Waals surface area contributed by atoms with E-state index in [-0.39, 0.29) is 11.4 Å². The first kappa shape index (κ1) is 17.3. The van der Waals surface area contributed by atoms with Crippen LogP contribution in [-0.2, 0) is 10.8 Å². The van der Waals surface area contributed by atoms with Gasteiger partial charge in [-0.15, -0.1) is 0 Å². The first-order chi connectivity index (χ1) is 13.9. The maximum absolute atomic E-state index is 13.4. The number of hydrogen-bond donors (Lipinski definition) is 0. The summed E-state index contributed by atoms with van der Waals surface area (Å²) in [6.45, 7) is 0. The van der Waals surface area contributed by atoms with Crippen molar-refractivity contribution in [2.75, 3.05) is 0 Å². The summed E-state index contributed by atoms with van der Waals surface area (Å²) < 4.78 is 19.3. The molecule has 0 saturated heterocycles. The predicted molar refractivity (Wildman–Crippen MR) is 106 cm³/mol. The molecule has 0 bridgehead atoms. The third-order valence-corrected chi connectivity index (χ3v) is 6.34. The second-order valence-corrected chi connectivity index (χ2v) is 7.90. The second kappa shape index (κ2) is 6.08. The molecule has 1 atom stereocenters. The van der Waals surface area contributed by atoms with Gasteiger partial charge in [-0.1, -0.05) is 6.07 Å². The van der Waals surface area contributed by atoms with Crippen molar-refractivity contribution < 1.29 is 18.8 Å². The molecule has 4 aromatic rings. The zero-order valence-electron chi connectivity index (χ0n) is 14.5. The highest BCUT2D eigenvalue weighted by molar-refractivity contribution is 7.85. The Labute approximate surface area is 165 Å². The van der Waals surface area contributed by atoms with E-state index in [1.807, 2.05) is 0 Å². The van der Waals surface area contributed by atoms with Crippen molar-refractivity contribution in [1.82, 2.24) is 0 Å². The van der Waals surface area contributed by atoms with Crippen LogP contribution in [0.2, 0.25) is 0 Å². The van der Waals surface area contributed by atoms with Gasteiger partial charge in [0.15, 0.2) is 0 Å². The topological polar surface area (TPSA) is 113 Å². The van der Waals surface area contributed by atoms with Crippen molar-refractivity contribution in [1.29, 1.82) is 0 Å². The van der Waals surface area contributed by atoms with E-state index in [2.05, 4.69) is 0 Å². The van der Waals surface area contributed by atoms with E-state index in [0.29, 0.717) is 37.4 Å². The lowest BCUT2D eigenvalue weighted by atomic mass is 10.1. The molecule has 1 aliphatic heterocycles. The van der Waals surface area contributed by atoms with Gasteiger partial charge in [-0.3, -0.25) is 20.2 Å². The maximum Gasteiger partial charge on any atom is 0.270 e. The fraction of sp³-hybridized carbons (Fsp3) is 0. The van der Waals surface area contributed by atoms with Crippen LogP contribution in [0.3, 0.4) is 0 Å². The van der Waals surface area contributed by atoms with Crippen LogP contribution < -0.4 is 4.74 Å². The SMILES string of the molecule is O=[N+]([O-])c1ccc2cc3c(cc2c1)S(=O)c1c(ccc2cc([N+](=O)[O-])ccc12)O3. The lowest BCUT2D eigenvalue weighted by Crippen LogP contribution is -2.06. The molecule has 4 aromatic carbocycles. The summed E-state index contributed by atoms with van der Waals surface area (Å²) in [7, 11) is -1.62. The number of non-ortho nitro benzene ring substituents is 2. The van der Waals surface area contributed by atoms with Gasteiger partial charge in [-0.25, -0.2) is 4.21 Å². The molecule has 1 unspecified atom stereocenters. The van der Waals surface area contributed by atoms with E-state index in [0.717, 1.165) is 5.39 Å². The normalized spacial score (nSPS) is 14.8. The van der Waals surface area contributed by atoms with Crippen LogP contribution in [0.1, 0.15) is 0 Å². The molecule has 29 heavy (non-hydrogen) atoms. The first-order valence-corrected chi connectivity index (χ1v) is 9.60. The molecule has 0 aromatic heterocycles. The number of nitro benzene ring substituents is 2. The third kappa shape index (κ3) is 2.63. The third-order valence-electron chi connectivity index (χ3n) is 4.83. The summed E-state index contributed by atoms with van der Waals surface area (Å²) >= 11 is 0. The number of nitrogens with zero attached hydrogens (tertiary/aromatic N) is 2. The van der Waals surface area contributed by atoms with Crippen LogP contribution in [0.4, 0.5) is 11.4 Å². The quantitative estimate of drug-likeness (QED) is 0.298. The van der Waals surface area contributed by atoms with Crippen LogP contribution in [0, 0.1) is 20.2 Å². The van der Waals surface area contributed by atoms with E-state index < -0.39 is 20.6 Å². The molecule has 0 radical (unpaired) electrons. The summed E-state index contributed by atoms with van der Waals surface area (Å²) in [4.78, 5) is 21.9. The zero-order valence-corrected chi connectivity index (χ0v) is 15.3. The van der Waals surface area contributed by atoms with Crippen LogP contribution >= 0.6 is 0 Å². The maximum atomic E-state index is 13.4. The molecule has 9 heteroatoms. The highest BCUT2D eigenvalue weighted by Gasteiger charge is 2.27. The lowest BCUT2D eigenvalue weighted by molar-refractivity contribution is -0.384. The molecule has 0 amide bonds. The van der Waals surface area contributed by atoms with Crippen molar-refractivity contribution >= 4 is 43.7 Å². The van der Waals surface area contributed by atoms with Gasteiger partial charge in [-0.05, 0) is 46.5 Å². The predicted octanol–water partition coefficient (Wildman–Crippen LogP) is 5.08. The molecule has 0 fully saturated rings. The minimum absolute atomic E-state index is 0.0568. The molecular formula is C20H10N2O6S. The number of ether oxygens (including phenoxy) is 1. The molecule has 5 rings (SSSR count). The van der Waals surface area contributed by atoms with E-state index in [1.165, 1.54) is 24.3 Å². The molecule has 1 heterocycles. The monoisotopic (exact) mass is 406 g/mol. The van der Waals surface area contributed by atoms with E-state index >= 15 is 0 Å². The van der Waals surface area contributed by atoms with Gasteiger partial charge >= 0.3 is 0 Å². The van der Waals surface area contributed by atoms with Crippen LogP contribution in [0.15, 0.2) is 70.5 Å². The molecule has 0 saturated carbocycles. The Morgan fingerprint density at radius 1 is 0.724 bits per heavy atom. The largest absolute Gasteiger partial charge is 0.455 e. The van der Waals surface area contributed by atoms with Gasteiger partial charge in [0.2, 0.25) is 0 Å². The molecule has 0 N–H and O–H groups in total. The summed E-state index contributed by atoms with van der Waals surface area (Å²) in [5, 5.41) is 24.6. The van der Waals surface area contributed by atoms with E-state index in [9.17, 15) is 24.4 Å². The Kier molecular flexibility index (Phi) is 3.62. The van der Waals surface area contributed by atoms with Crippen molar-refractivity contribution in [3.8, 4) is 11.5 Å². The Morgan fingerprint density at radius 3 is 2.10 bits per heavy atom. The van der Waals surface area contributed by atoms with Crippen LogP contribution in [0.5, 0.6) is 11.5 Å². The minimum atomic E-state index is -1.62. The summed E-state index contributed by atoms with van der Waals surface area (Å²) in [5.41, 5.74) is -0.114. The molecule has 8 nitrogen and oxygen atoms in total. The Hall–Kier alpha value is -3.85. The lowest BCUT2D eigenvalue weighted by Gasteiger charge is -2.21. The fourth-order valence-corrected chi connectivity index (χ4v) is 4.88. The number of nitro groups is 2. The average Bonchev–Trinajstić information content (AvgIpc) is 2.71. The van der Waals surface area contributed by atoms with Gasteiger partial charge in [-0.2, -0.15) is 0 Å². The Bertz CT molecular complexity index is 1420. The molecular weight excluding hydrogens is 396 g/mol. The van der Waals surface area contributed by atoms with Gasteiger partial charge in [0.05, 0.1) is 30.4 Å². The molecule has 0 spiro atoms. The smallest absolute Gasteiger partial charge is 0.270 e. The van der Waals surface area contributed by atoms with Crippen LogP contribution in [-0.4, -0.2) is 14.1 Å². The van der Waals surface area contributed by atoms with Crippen LogP contribution in [0.25, 0.3) is 21.5 Å². The molecule has 142 valence electrons. The summed E-state index contributed by atoms with van der Waals surface area (Å²) in [6, 6.07) is 15.5. The van der Waals surface area contributed by atoms with E-state index in [1.54, 1.807) is 36.4 Å². The van der Waals surface area contributed by atoms with Gasteiger partial charge in [0.25, 0.3) is 11.4 Å². The van der Waals surface area contributed by atoms with Crippen molar-refractivity contribution in [3.63, 3.8) is 0 Å². The highest BCUT2D eigenvalue weighted by atomic mass is 32.2.